The Morgan fingerprint density at radius 1 is 0.303 bits per heavy atom. The predicted molar refractivity (Wildman–Crippen MR) is 530 cm³/mol. The molecule has 0 unspecified atom stereocenters. The molecular weight excluding hydrogens is 1770 g/mol. The molecule has 0 aliphatic carbocycles. The van der Waals surface area contributed by atoms with Crippen LogP contribution in [-0.4, -0.2) is 93.8 Å². The van der Waals surface area contributed by atoms with Gasteiger partial charge in [-0.1, -0.05) is 285 Å². The van der Waals surface area contributed by atoms with Crippen LogP contribution in [-0.2, 0) is 24.6 Å². The van der Waals surface area contributed by atoms with E-state index in [9.17, 15) is 27.6 Å². The summed E-state index contributed by atoms with van der Waals surface area (Å²) in [4.78, 5) is 34.1. The highest BCUT2D eigenvalue weighted by Crippen LogP contribution is 2.41. The van der Waals surface area contributed by atoms with Gasteiger partial charge in [-0.3, -0.25) is 50.1 Å². The van der Waals surface area contributed by atoms with Crippen LogP contribution < -0.4 is 0 Å². The van der Waals surface area contributed by atoms with Crippen LogP contribution >= 0.6 is 58.0 Å². The number of benzene rings is 14. The average molecular weight is 1850 g/mol. The Morgan fingerprint density at radius 2 is 0.629 bits per heavy atom. The van der Waals surface area contributed by atoms with Crippen molar-refractivity contribution >= 4 is 152 Å². The van der Waals surface area contributed by atoms with Crippen LogP contribution in [0.5, 0.6) is 0 Å². The number of H-pyrrole nitrogens is 7. The van der Waals surface area contributed by atoms with Crippen molar-refractivity contribution in [1.82, 2.24) is 71.4 Å². The first-order valence-electron chi connectivity index (χ1n) is 42.0. The van der Waals surface area contributed by atoms with E-state index in [0.29, 0.717) is 48.4 Å². The molecule has 7 heterocycles. The van der Waals surface area contributed by atoms with Gasteiger partial charge in [0.2, 0.25) is 0 Å². The van der Waals surface area contributed by atoms with Crippen molar-refractivity contribution in [2.24, 2.45) is 0 Å². The molecule has 14 aromatic carbocycles. The molecule has 132 heavy (non-hydrogen) atoms. The fourth-order valence-corrected chi connectivity index (χ4v) is 16.3. The summed E-state index contributed by atoms with van der Waals surface area (Å²) < 4.78 is 38.3. The van der Waals surface area contributed by atoms with Crippen LogP contribution in [0.15, 0.2) is 303 Å². The summed E-state index contributed by atoms with van der Waals surface area (Å²) in [7, 11) is 0. The monoisotopic (exact) mass is 1850 g/mol. The minimum atomic E-state index is -4.35. The first-order chi connectivity index (χ1) is 63.6. The molecule has 18 nitrogen and oxygen atoms in total. The van der Waals surface area contributed by atoms with Gasteiger partial charge in [0.05, 0.1) is 87.3 Å². The topological polar surface area (TPSA) is 272 Å². The number of aliphatic hydroxyl groups is 1. The molecular formula is C106H86Cl5F3N14O4. The Balaban J connectivity index is 0.000000118. The zero-order valence-electron chi connectivity index (χ0n) is 72.6. The molecule has 0 aliphatic rings. The SMILES string of the molecule is CC(=O)c1ccc(-c2n[nH]c3cccc(Cl)c23)cc1.CC(=O)c1cccc(-c2n[nH]c3cccc(Cl)c23)c1.CC(=O)c1cccc(-c2n[nH]c3ccccc23)c1.CC(C)(C)c1cccc(-c2n[nH]c3cccc(Cl)c23)c1.CCc1cccc(-c2n[nH]c3cccc(Cl)c23)c1.Cc1ccc(-c2n[nH]c3ccc(C(F)(F)F)cc23)cc1.OCc1ccc(-c2n[nH]c3cccc(Cl)c23)cc1. The number of halogens is 8. The number of Topliss-reactive ketones (excluding diaryl/α,β-unsaturated/α-hetero) is 3. The quantitative estimate of drug-likeness (QED) is 0.0533. The number of nitrogens with one attached hydrogen (secondary N) is 7. The average Bonchev–Trinajstić information content (AvgIpc) is 1.63. The summed E-state index contributed by atoms with van der Waals surface area (Å²) in [5.74, 6) is 0.154. The van der Waals surface area contributed by atoms with Gasteiger partial charge in [-0.05, 0) is 165 Å². The van der Waals surface area contributed by atoms with Crippen LogP contribution in [0, 0.1) is 6.92 Å². The van der Waals surface area contributed by atoms with E-state index < -0.39 is 11.7 Å². The molecule has 0 saturated carbocycles. The molecule has 8 N–H and O–H groups in total. The number of para-hydroxylation sites is 1. The molecule has 0 atom stereocenters. The Kier molecular flexibility index (Phi) is 28.5. The number of ketones is 3. The van der Waals surface area contributed by atoms with Crippen LogP contribution in [0.4, 0.5) is 13.2 Å². The minimum absolute atomic E-state index is 0.0350. The van der Waals surface area contributed by atoms with Crippen molar-refractivity contribution in [2.45, 2.75) is 80.0 Å². The van der Waals surface area contributed by atoms with Crippen LogP contribution in [0.1, 0.15) is 107 Å². The van der Waals surface area contributed by atoms with E-state index in [4.69, 9.17) is 63.1 Å². The van der Waals surface area contributed by atoms with Gasteiger partial charge in [-0.25, -0.2) is 0 Å². The summed E-state index contributed by atoms with van der Waals surface area (Å²) in [6.07, 6.45) is -3.33. The number of aromatic amines is 7. The fourth-order valence-electron chi connectivity index (χ4n) is 15.0. The fraction of sp³-hybridized carbons (Fsp3) is 0.113. The lowest BCUT2D eigenvalue weighted by molar-refractivity contribution is -0.137. The number of carbonyl (C=O) groups is 3. The van der Waals surface area contributed by atoms with E-state index >= 15 is 0 Å². The van der Waals surface area contributed by atoms with Crippen LogP contribution in [0.2, 0.25) is 25.1 Å². The molecule has 7 aromatic heterocycles. The molecule has 0 fully saturated rings. The highest BCUT2D eigenvalue weighted by Gasteiger charge is 2.31. The van der Waals surface area contributed by atoms with Crippen molar-refractivity contribution < 1.29 is 32.7 Å². The zero-order valence-corrected chi connectivity index (χ0v) is 76.4. The van der Waals surface area contributed by atoms with Gasteiger partial charge < -0.3 is 5.11 Å². The number of aliphatic hydroxyl groups excluding tert-OH is 1. The smallest absolute Gasteiger partial charge is 0.392 e. The maximum absolute atomic E-state index is 12.8. The Labute approximate surface area is 782 Å². The van der Waals surface area contributed by atoms with Crippen molar-refractivity contribution in [3.63, 3.8) is 0 Å². The van der Waals surface area contributed by atoms with Gasteiger partial charge in [-0.15, -0.1) is 0 Å². The standard InChI is InChI=1S/C17H17ClN2.2C15H11ClN2O.C15H13ClN2.C15H11F3N2.C15H12N2O.C14H11ClN2O/c1-17(2,3)12-7-4-6-11(10-12)16-15-13(18)8-5-9-14(15)19-20-16;1-9(19)10-4-2-5-11(8-10)15-14-12(16)6-3-7-13(14)17-18-15;1-9(19)10-5-7-11(8-6-10)15-14-12(16)3-2-4-13(14)17-18-15;1-2-10-5-3-6-11(9-10)15-14-12(16)7-4-8-13(14)17-18-15;1-9-2-4-10(5-3-9)14-12-8-11(15(16,17)18)6-7-13(12)19-20-14;1-10(18)11-5-4-6-12(9-11)15-13-7-2-3-8-14(13)16-17-15;15-11-2-1-3-12-13(11)14(17-16-12)10-6-4-9(8-18)5-7-10/h4-10H,1-3H3,(H,19,20);2*2-8H,1H3,(H,17,18);3-9H,2H2,1H3,(H,17,18);2-8H,1H3,(H,19,20);2-9H,1H3,(H,16,17);1-7,18H,8H2,(H,16,17). The summed E-state index contributed by atoms with van der Waals surface area (Å²) in [6.45, 7) is 15.4. The molecule has 0 bridgehead atoms. The van der Waals surface area contributed by atoms with Crippen molar-refractivity contribution in [1.29, 1.82) is 0 Å². The second-order valence-electron chi connectivity index (χ2n) is 32.1. The van der Waals surface area contributed by atoms with Gasteiger partial charge in [-0.2, -0.15) is 48.9 Å². The Morgan fingerprint density at radius 3 is 1.04 bits per heavy atom. The van der Waals surface area contributed by atoms with Crippen LogP contribution in [0.3, 0.4) is 0 Å². The number of rotatable bonds is 12. The molecule has 0 saturated heterocycles. The number of carbonyl (C=O) groups excluding carboxylic acids is 3. The van der Waals surface area contributed by atoms with Crippen molar-refractivity contribution in [3.8, 4) is 78.8 Å². The van der Waals surface area contributed by atoms with Gasteiger partial charge in [0.25, 0.3) is 0 Å². The number of nitrogens with zero attached hydrogens (tertiary/aromatic N) is 7. The summed E-state index contributed by atoms with van der Waals surface area (Å²) in [5.41, 5.74) is 24.7. The van der Waals surface area contributed by atoms with Crippen molar-refractivity contribution in [3.05, 3.63) is 373 Å². The lowest BCUT2D eigenvalue weighted by Crippen LogP contribution is -2.10. The van der Waals surface area contributed by atoms with Gasteiger partial charge in [0, 0.05) is 93.3 Å². The lowest BCUT2D eigenvalue weighted by Gasteiger charge is -2.19. The molecule has 0 amide bonds. The van der Waals surface area contributed by atoms with E-state index in [0.717, 1.165) is 178 Å². The zero-order chi connectivity index (χ0) is 93.1. The third-order valence-corrected chi connectivity index (χ3v) is 23.6. The second-order valence-corrected chi connectivity index (χ2v) is 34.2. The number of aryl methyl sites for hydroxylation is 2. The first kappa shape index (κ1) is 92.3. The predicted octanol–water partition coefficient (Wildman–Crippen LogP) is 29.2. The number of fused-ring (bicyclic) bond motifs is 7. The normalized spacial score (nSPS) is 11.2. The molecule has 0 aliphatic heterocycles. The number of hydrogen-bond donors (Lipinski definition) is 8. The van der Waals surface area contributed by atoms with E-state index in [-0.39, 0.29) is 29.4 Å². The molecule has 660 valence electrons. The Hall–Kier alpha value is -14.4. The molecule has 26 heteroatoms. The maximum atomic E-state index is 12.8. The van der Waals surface area contributed by atoms with E-state index in [1.165, 1.54) is 17.2 Å². The van der Waals surface area contributed by atoms with E-state index in [1.807, 2.05) is 225 Å². The van der Waals surface area contributed by atoms with E-state index in [2.05, 4.69) is 148 Å². The Bertz CT molecular complexity index is 7740. The number of alkyl halides is 3. The molecule has 21 aromatic rings. The highest BCUT2D eigenvalue weighted by atomic mass is 35.5. The van der Waals surface area contributed by atoms with Gasteiger partial charge >= 0.3 is 6.18 Å². The largest absolute Gasteiger partial charge is 0.416 e. The summed E-state index contributed by atoms with van der Waals surface area (Å²) in [6, 6.07) is 94.5. The summed E-state index contributed by atoms with van der Waals surface area (Å²) >= 11 is 31.3. The molecule has 0 radical (unpaired) electrons. The minimum Gasteiger partial charge on any atom is -0.392 e. The third kappa shape index (κ3) is 21.0. The van der Waals surface area contributed by atoms with Crippen molar-refractivity contribution in [2.75, 3.05) is 0 Å². The number of aromatic nitrogens is 14. The lowest BCUT2D eigenvalue weighted by atomic mass is 9.86. The third-order valence-electron chi connectivity index (χ3n) is 22.0. The first-order valence-corrected chi connectivity index (χ1v) is 43.9. The van der Waals surface area contributed by atoms with Gasteiger partial charge in [0.1, 0.15) is 28.5 Å². The molecule has 0 spiro atoms. The van der Waals surface area contributed by atoms with Gasteiger partial charge in [0.15, 0.2) is 17.3 Å². The second kappa shape index (κ2) is 40.7. The number of hydrogen-bond acceptors (Lipinski definition) is 11. The highest BCUT2D eigenvalue weighted by molar-refractivity contribution is 6.38. The molecule has 21 rings (SSSR count). The maximum Gasteiger partial charge on any atom is 0.416 e. The van der Waals surface area contributed by atoms with Crippen LogP contribution in [0.25, 0.3) is 155 Å². The van der Waals surface area contributed by atoms with E-state index in [1.54, 1.807) is 39.0 Å². The summed E-state index contributed by atoms with van der Waals surface area (Å²) in [5, 5.41) is 69.7.